The van der Waals surface area contributed by atoms with Gasteiger partial charge in [-0.2, -0.15) is 0 Å². The fourth-order valence-electron chi connectivity index (χ4n) is 2.55. The van der Waals surface area contributed by atoms with Crippen LogP contribution in [-0.2, 0) is 19.1 Å². The summed E-state index contributed by atoms with van der Waals surface area (Å²) in [6.45, 7) is 0.757. The summed E-state index contributed by atoms with van der Waals surface area (Å²) in [6.07, 6.45) is -0.286. The van der Waals surface area contributed by atoms with E-state index in [1.165, 1.54) is 11.0 Å². The smallest absolute Gasteiger partial charge is 0.251 e. The minimum atomic E-state index is -0.947. The number of carbonyl (C=O) groups excluding carboxylic acids is 2. The number of nitrogens with zero attached hydrogens (tertiary/aromatic N) is 1. The summed E-state index contributed by atoms with van der Waals surface area (Å²) < 4.78 is 24.4. The van der Waals surface area contributed by atoms with Crippen molar-refractivity contribution in [3.05, 3.63) is 35.6 Å². The number of halogens is 1. The zero-order valence-corrected chi connectivity index (χ0v) is 13.3. The molecule has 1 aromatic rings. The van der Waals surface area contributed by atoms with Crippen molar-refractivity contribution in [2.75, 3.05) is 33.9 Å². The minimum Gasteiger partial charge on any atom is -0.385 e. The molecule has 7 heteroatoms. The summed E-state index contributed by atoms with van der Waals surface area (Å²) in [7, 11) is 3.13. The van der Waals surface area contributed by atoms with Crippen molar-refractivity contribution in [1.82, 2.24) is 10.2 Å². The summed E-state index contributed by atoms with van der Waals surface area (Å²) in [6, 6.07) is 5.29. The van der Waals surface area contributed by atoms with Gasteiger partial charge in [0.05, 0.1) is 6.04 Å². The molecule has 2 amide bonds. The van der Waals surface area contributed by atoms with E-state index in [1.807, 2.05) is 0 Å². The molecular formula is C16H21FN2O4. The molecule has 2 rings (SSSR count). The van der Waals surface area contributed by atoms with Crippen molar-refractivity contribution < 1.29 is 23.5 Å². The number of methoxy groups -OCH3 is 1. The van der Waals surface area contributed by atoms with E-state index >= 15 is 0 Å². The number of nitrogens with one attached hydrogen (secondary N) is 1. The number of morpholine rings is 1. The number of hydrogen-bond donors (Lipinski definition) is 1. The van der Waals surface area contributed by atoms with Crippen molar-refractivity contribution in [3.63, 3.8) is 0 Å². The Bertz CT molecular complexity index is 567. The molecule has 2 atom stereocenters. The van der Waals surface area contributed by atoms with Crippen LogP contribution in [0.25, 0.3) is 0 Å². The van der Waals surface area contributed by atoms with Gasteiger partial charge < -0.3 is 19.7 Å². The summed E-state index contributed by atoms with van der Waals surface area (Å²) in [4.78, 5) is 25.6. The van der Waals surface area contributed by atoms with E-state index in [1.54, 1.807) is 32.4 Å². The highest BCUT2D eigenvalue weighted by Gasteiger charge is 2.41. The quantitative estimate of drug-likeness (QED) is 0.789. The van der Waals surface area contributed by atoms with E-state index in [0.717, 1.165) is 0 Å². The molecule has 6 nitrogen and oxygen atoms in total. The number of rotatable bonds is 6. The predicted molar refractivity (Wildman–Crippen MR) is 81.2 cm³/mol. The van der Waals surface area contributed by atoms with E-state index < -0.39 is 18.0 Å². The van der Waals surface area contributed by atoms with Gasteiger partial charge in [-0.05, 0) is 12.5 Å². The molecule has 0 aliphatic carbocycles. The molecule has 1 heterocycles. The topological polar surface area (TPSA) is 67.9 Å². The first-order valence-electron chi connectivity index (χ1n) is 7.44. The number of carbonyl (C=O) groups is 2. The first-order chi connectivity index (χ1) is 11.1. The largest absolute Gasteiger partial charge is 0.385 e. The second-order valence-corrected chi connectivity index (χ2v) is 5.34. The average molecular weight is 324 g/mol. The summed E-state index contributed by atoms with van der Waals surface area (Å²) in [5, 5.41) is 2.74. The average Bonchev–Trinajstić information content (AvgIpc) is 2.55. The van der Waals surface area contributed by atoms with E-state index in [0.29, 0.717) is 19.6 Å². The van der Waals surface area contributed by atoms with Gasteiger partial charge >= 0.3 is 0 Å². The third kappa shape index (κ3) is 4.05. The number of hydrogen-bond acceptors (Lipinski definition) is 4. The van der Waals surface area contributed by atoms with Gasteiger partial charge in [-0.1, -0.05) is 18.2 Å². The molecular weight excluding hydrogens is 303 g/mol. The molecule has 1 saturated heterocycles. The van der Waals surface area contributed by atoms with Crippen molar-refractivity contribution in [2.24, 2.45) is 0 Å². The first kappa shape index (κ1) is 17.4. The van der Waals surface area contributed by atoms with Gasteiger partial charge in [0.1, 0.15) is 12.4 Å². The fourth-order valence-corrected chi connectivity index (χ4v) is 2.55. The van der Waals surface area contributed by atoms with Gasteiger partial charge in [-0.15, -0.1) is 0 Å². The second kappa shape index (κ2) is 8.03. The molecule has 0 aromatic heterocycles. The maximum absolute atomic E-state index is 14.1. The van der Waals surface area contributed by atoms with Crippen molar-refractivity contribution >= 4 is 11.8 Å². The maximum atomic E-state index is 14.1. The standard InChI is InChI=1S/C16H21FN2O4/c1-19-13(20)10-23-15(16(21)18-8-5-9-22-2)14(19)11-6-3-4-7-12(11)17/h3-4,6-7,14-15H,5,8-10H2,1-2H3,(H,18,21)/t14-,15-/m0/s1. The molecule has 23 heavy (non-hydrogen) atoms. The molecule has 0 unspecified atom stereocenters. The number of benzene rings is 1. The highest BCUT2D eigenvalue weighted by atomic mass is 19.1. The Hall–Kier alpha value is -1.99. The molecule has 0 bridgehead atoms. The van der Waals surface area contributed by atoms with Crippen LogP contribution in [0.1, 0.15) is 18.0 Å². The Morgan fingerprint density at radius 2 is 2.22 bits per heavy atom. The molecule has 126 valence electrons. The lowest BCUT2D eigenvalue weighted by atomic mass is 9.97. The van der Waals surface area contributed by atoms with Gasteiger partial charge in [0.2, 0.25) is 5.91 Å². The summed E-state index contributed by atoms with van der Waals surface area (Å²) >= 11 is 0. The van der Waals surface area contributed by atoms with E-state index in [4.69, 9.17) is 9.47 Å². The molecule has 0 radical (unpaired) electrons. The van der Waals surface area contributed by atoms with E-state index in [-0.39, 0.29) is 24.0 Å². The van der Waals surface area contributed by atoms with Gasteiger partial charge in [0, 0.05) is 32.9 Å². The normalized spacial score (nSPS) is 21.3. The Labute approximate surface area is 134 Å². The van der Waals surface area contributed by atoms with Gasteiger partial charge in [0.25, 0.3) is 5.91 Å². The minimum absolute atomic E-state index is 0.197. The third-order valence-corrected chi connectivity index (χ3v) is 3.79. The van der Waals surface area contributed by atoms with Gasteiger partial charge in [-0.3, -0.25) is 9.59 Å². The monoisotopic (exact) mass is 324 g/mol. The van der Waals surface area contributed by atoms with Crippen molar-refractivity contribution in [2.45, 2.75) is 18.6 Å². The zero-order chi connectivity index (χ0) is 16.8. The van der Waals surface area contributed by atoms with Crippen LogP contribution in [0.5, 0.6) is 0 Å². The number of ether oxygens (including phenoxy) is 2. The van der Waals surface area contributed by atoms with Crippen LogP contribution in [0.4, 0.5) is 4.39 Å². The number of likely N-dealkylation sites (N-methyl/N-ethyl adjacent to an activating group) is 1. The fraction of sp³-hybridized carbons (Fsp3) is 0.500. The molecule has 1 N–H and O–H groups in total. The molecule has 1 aliphatic heterocycles. The Balaban J connectivity index is 2.17. The zero-order valence-electron chi connectivity index (χ0n) is 13.3. The van der Waals surface area contributed by atoms with Crippen LogP contribution in [0, 0.1) is 5.82 Å². The lowest BCUT2D eigenvalue weighted by Gasteiger charge is -2.38. The molecule has 0 saturated carbocycles. The van der Waals surface area contributed by atoms with Crippen LogP contribution in [0.2, 0.25) is 0 Å². The van der Waals surface area contributed by atoms with Crippen LogP contribution < -0.4 is 5.32 Å². The molecule has 1 aliphatic rings. The number of amides is 2. The third-order valence-electron chi connectivity index (χ3n) is 3.79. The van der Waals surface area contributed by atoms with Gasteiger partial charge in [0.15, 0.2) is 6.10 Å². The molecule has 0 spiro atoms. The van der Waals surface area contributed by atoms with Crippen molar-refractivity contribution in [1.29, 1.82) is 0 Å². The molecule has 1 fully saturated rings. The SMILES string of the molecule is COCCCNC(=O)[C@H]1OCC(=O)N(C)[C@H]1c1ccccc1F. The Kier molecular flexibility index (Phi) is 6.06. The summed E-state index contributed by atoms with van der Waals surface area (Å²) in [5.74, 6) is -1.13. The second-order valence-electron chi connectivity index (χ2n) is 5.34. The Morgan fingerprint density at radius 1 is 1.48 bits per heavy atom. The highest BCUT2D eigenvalue weighted by Crippen LogP contribution is 2.30. The predicted octanol–water partition coefficient (Wildman–Crippen LogP) is 0.877. The van der Waals surface area contributed by atoms with Crippen LogP contribution in [0.3, 0.4) is 0 Å². The van der Waals surface area contributed by atoms with Crippen molar-refractivity contribution in [3.8, 4) is 0 Å². The van der Waals surface area contributed by atoms with E-state index in [9.17, 15) is 14.0 Å². The van der Waals surface area contributed by atoms with Crippen LogP contribution >= 0.6 is 0 Å². The summed E-state index contributed by atoms with van der Waals surface area (Å²) in [5.41, 5.74) is 0.264. The van der Waals surface area contributed by atoms with Crippen LogP contribution in [0.15, 0.2) is 24.3 Å². The Morgan fingerprint density at radius 3 is 2.91 bits per heavy atom. The lowest BCUT2D eigenvalue weighted by Crippen LogP contribution is -2.53. The molecule has 1 aromatic carbocycles. The highest BCUT2D eigenvalue weighted by molar-refractivity contribution is 5.86. The van der Waals surface area contributed by atoms with Gasteiger partial charge in [-0.25, -0.2) is 4.39 Å². The van der Waals surface area contributed by atoms with E-state index in [2.05, 4.69) is 5.32 Å². The van der Waals surface area contributed by atoms with Crippen LogP contribution in [-0.4, -0.2) is 56.7 Å². The maximum Gasteiger partial charge on any atom is 0.251 e. The first-order valence-corrected chi connectivity index (χ1v) is 7.44. The lowest BCUT2D eigenvalue weighted by molar-refractivity contribution is -0.162.